The minimum atomic E-state index is -0.764. The van der Waals surface area contributed by atoms with Crippen molar-refractivity contribution in [3.63, 3.8) is 0 Å². The summed E-state index contributed by atoms with van der Waals surface area (Å²) in [4.78, 5) is 48.2. The van der Waals surface area contributed by atoms with Crippen molar-refractivity contribution in [2.24, 2.45) is 0 Å². The van der Waals surface area contributed by atoms with Crippen LogP contribution >= 0.6 is 23.4 Å². The molecule has 9 nitrogen and oxygen atoms in total. The number of aryl methyl sites for hydroxylation is 1. The van der Waals surface area contributed by atoms with Gasteiger partial charge in [0.1, 0.15) is 17.5 Å². The molecule has 2 aliphatic heterocycles. The highest BCUT2D eigenvalue weighted by Gasteiger charge is 2.37. The van der Waals surface area contributed by atoms with Crippen molar-refractivity contribution in [3.05, 3.63) is 59.1 Å². The molecule has 0 bridgehead atoms. The molecule has 2 aromatic carbocycles. The van der Waals surface area contributed by atoms with Gasteiger partial charge in [-0.25, -0.2) is 14.6 Å². The minimum absolute atomic E-state index is 0.0479. The number of halogens is 1. The second-order valence-corrected chi connectivity index (χ2v) is 12.8. The lowest BCUT2D eigenvalue weighted by Gasteiger charge is -2.37. The van der Waals surface area contributed by atoms with Gasteiger partial charge in [0, 0.05) is 34.8 Å². The van der Waals surface area contributed by atoms with Gasteiger partial charge in [-0.05, 0) is 75.6 Å². The topological polar surface area (TPSA) is 96.8 Å². The zero-order chi connectivity index (χ0) is 28.6. The van der Waals surface area contributed by atoms with Crippen molar-refractivity contribution < 1.29 is 19.1 Å². The predicted molar refractivity (Wildman–Crippen MR) is 156 cm³/mol. The second kappa shape index (κ2) is 11.3. The van der Waals surface area contributed by atoms with Crippen LogP contribution in [0.3, 0.4) is 0 Å². The fraction of sp³-hybridized carbons (Fsp3) is 0.448. The summed E-state index contributed by atoms with van der Waals surface area (Å²) in [5.74, 6) is 0.894. The van der Waals surface area contributed by atoms with Gasteiger partial charge in [0.05, 0.1) is 18.4 Å². The Morgan fingerprint density at radius 3 is 2.55 bits per heavy atom. The fourth-order valence-electron chi connectivity index (χ4n) is 5.23. The summed E-state index contributed by atoms with van der Waals surface area (Å²) in [5.41, 5.74) is 0.217. The molecule has 1 aromatic heterocycles. The maximum absolute atomic E-state index is 13.7. The molecule has 212 valence electrons. The van der Waals surface area contributed by atoms with Gasteiger partial charge in [-0.2, -0.15) is 0 Å². The highest BCUT2D eigenvalue weighted by Crippen LogP contribution is 2.28. The number of rotatable bonds is 6. The van der Waals surface area contributed by atoms with Gasteiger partial charge in [-0.3, -0.25) is 9.36 Å². The number of carbonyl (C=O) groups is 3. The van der Waals surface area contributed by atoms with Crippen molar-refractivity contribution in [2.75, 3.05) is 18.8 Å². The van der Waals surface area contributed by atoms with Gasteiger partial charge in [-0.15, -0.1) is 11.8 Å². The molecular formula is C29H34ClN5O4S. The quantitative estimate of drug-likeness (QED) is 0.387. The normalized spacial score (nSPS) is 16.8. The molecule has 1 atom stereocenters. The molecule has 3 aromatic rings. The zero-order valence-electron chi connectivity index (χ0n) is 23.1. The van der Waals surface area contributed by atoms with E-state index in [4.69, 9.17) is 16.3 Å². The fourth-order valence-corrected chi connectivity index (χ4v) is 6.37. The van der Waals surface area contributed by atoms with Crippen LogP contribution in [-0.4, -0.2) is 73.9 Å². The number of nitrogens with one attached hydrogen (secondary N) is 1. The van der Waals surface area contributed by atoms with Gasteiger partial charge in [0.25, 0.3) is 0 Å². The van der Waals surface area contributed by atoms with Gasteiger partial charge in [-0.1, -0.05) is 23.7 Å². The van der Waals surface area contributed by atoms with Gasteiger partial charge in [0.15, 0.2) is 0 Å². The number of imidazole rings is 1. The molecule has 0 aliphatic carbocycles. The number of aromatic nitrogens is 2. The Morgan fingerprint density at radius 1 is 1.15 bits per heavy atom. The molecule has 3 heterocycles. The molecule has 1 fully saturated rings. The number of hydrogen-bond acceptors (Lipinski definition) is 6. The van der Waals surface area contributed by atoms with Crippen molar-refractivity contribution in [1.29, 1.82) is 0 Å². The van der Waals surface area contributed by atoms with Crippen LogP contribution in [-0.2, 0) is 16.1 Å². The third-order valence-electron chi connectivity index (χ3n) is 7.18. The maximum atomic E-state index is 13.7. The smallest absolute Gasteiger partial charge is 0.408 e. The number of amides is 3. The van der Waals surface area contributed by atoms with Crippen LogP contribution in [0, 0.1) is 6.92 Å². The molecule has 1 unspecified atom stereocenters. The number of piperidine rings is 1. The molecular weight excluding hydrogens is 550 g/mol. The SMILES string of the molecule is Cc1ncc2n1C(=O)N(C1CCN(C(=O)C(CSc3ccc4cc(Cl)ccc4c3)NC(=O)OC(C)(C)C)CC1)C2. The average Bonchev–Trinajstić information content (AvgIpc) is 3.44. The summed E-state index contributed by atoms with van der Waals surface area (Å²) < 4.78 is 7.13. The molecule has 2 aliphatic rings. The highest BCUT2D eigenvalue weighted by molar-refractivity contribution is 7.99. The summed E-state index contributed by atoms with van der Waals surface area (Å²) >= 11 is 7.62. The Hall–Kier alpha value is -3.24. The van der Waals surface area contributed by atoms with Gasteiger partial charge in [0.2, 0.25) is 5.91 Å². The number of carbonyl (C=O) groups excluding carboxylic acids is 3. The molecule has 0 saturated carbocycles. The van der Waals surface area contributed by atoms with E-state index in [1.807, 2.05) is 42.2 Å². The molecule has 0 spiro atoms. The van der Waals surface area contributed by atoms with Crippen molar-refractivity contribution in [1.82, 2.24) is 24.7 Å². The lowest BCUT2D eigenvalue weighted by Crippen LogP contribution is -2.54. The van der Waals surface area contributed by atoms with Crippen LogP contribution in [0.15, 0.2) is 47.5 Å². The second-order valence-electron chi connectivity index (χ2n) is 11.3. The third kappa shape index (κ3) is 6.23. The van der Waals surface area contributed by atoms with Crippen LogP contribution in [0.1, 0.15) is 45.1 Å². The molecule has 40 heavy (non-hydrogen) atoms. The largest absolute Gasteiger partial charge is 0.444 e. The Labute approximate surface area is 243 Å². The first-order valence-electron chi connectivity index (χ1n) is 13.4. The summed E-state index contributed by atoms with van der Waals surface area (Å²) in [7, 11) is 0. The van der Waals surface area contributed by atoms with E-state index < -0.39 is 17.7 Å². The number of fused-ring (bicyclic) bond motifs is 2. The summed E-state index contributed by atoms with van der Waals surface area (Å²) in [6, 6.07) is 11.0. The first-order valence-corrected chi connectivity index (χ1v) is 14.8. The Kier molecular flexibility index (Phi) is 8.01. The van der Waals surface area contributed by atoms with Gasteiger partial charge >= 0.3 is 12.1 Å². The molecule has 11 heteroatoms. The molecule has 1 N–H and O–H groups in total. The molecule has 0 radical (unpaired) electrons. The zero-order valence-corrected chi connectivity index (χ0v) is 24.7. The van der Waals surface area contributed by atoms with E-state index in [1.165, 1.54) is 11.8 Å². The maximum Gasteiger partial charge on any atom is 0.408 e. The molecule has 5 rings (SSSR count). The van der Waals surface area contributed by atoms with E-state index in [2.05, 4.69) is 16.4 Å². The number of hydrogen-bond donors (Lipinski definition) is 1. The number of nitrogens with zero attached hydrogens (tertiary/aromatic N) is 4. The Morgan fingerprint density at radius 2 is 1.85 bits per heavy atom. The van der Waals surface area contributed by atoms with E-state index >= 15 is 0 Å². The van der Waals surface area contributed by atoms with Crippen LogP contribution in [0.2, 0.25) is 5.02 Å². The lowest BCUT2D eigenvalue weighted by atomic mass is 10.0. The minimum Gasteiger partial charge on any atom is -0.444 e. The van der Waals surface area contributed by atoms with Crippen molar-refractivity contribution in [3.8, 4) is 0 Å². The molecule has 1 saturated heterocycles. The number of benzene rings is 2. The average molecular weight is 584 g/mol. The monoisotopic (exact) mass is 583 g/mol. The van der Waals surface area contributed by atoms with Crippen LogP contribution < -0.4 is 5.32 Å². The van der Waals surface area contributed by atoms with E-state index in [0.717, 1.165) is 21.4 Å². The third-order valence-corrected chi connectivity index (χ3v) is 8.50. The predicted octanol–water partition coefficient (Wildman–Crippen LogP) is 5.46. The summed E-state index contributed by atoms with van der Waals surface area (Å²) in [6.07, 6.45) is 2.48. The van der Waals surface area contributed by atoms with Crippen LogP contribution in [0.4, 0.5) is 9.59 Å². The summed E-state index contributed by atoms with van der Waals surface area (Å²) in [5, 5.41) is 5.57. The number of ether oxygens (including phenoxy) is 1. The number of likely N-dealkylation sites (tertiary alicyclic amines) is 1. The van der Waals surface area contributed by atoms with E-state index in [9.17, 15) is 14.4 Å². The standard InChI is InChI=1S/C29H34ClN5O4S/c1-18-31-15-23-16-34(28(38)35(18)23)22-9-11-33(12-10-22)26(36)25(32-27(37)39-29(2,3)4)17-40-24-8-6-19-13-21(30)7-5-20(19)14-24/h5-8,13-15,22,25H,9-12,16-17H2,1-4H3,(H,32,37). The van der Waals surface area contributed by atoms with E-state index in [0.29, 0.717) is 49.1 Å². The highest BCUT2D eigenvalue weighted by atomic mass is 35.5. The van der Waals surface area contributed by atoms with Crippen LogP contribution in [0.5, 0.6) is 0 Å². The van der Waals surface area contributed by atoms with Crippen molar-refractivity contribution >= 4 is 52.2 Å². The van der Waals surface area contributed by atoms with Gasteiger partial charge < -0.3 is 19.9 Å². The first kappa shape index (κ1) is 28.3. The first-order chi connectivity index (χ1) is 19.0. The Balaban J connectivity index is 1.24. The molecule has 3 amide bonds. The Bertz CT molecular complexity index is 1440. The summed E-state index contributed by atoms with van der Waals surface area (Å²) in [6.45, 7) is 8.75. The van der Waals surface area contributed by atoms with Crippen LogP contribution in [0.25, 0.3) is 10.8 Å². The van der Waals surface area contributed by atoms with Crippen molar-refractivity contribution in [2.45, 2.75) is 69.7 Å². The lowest BCUT2D eigenvalue weighted by molar-refractivity contribution is -0.134. The van der Waals surface area contributed by atoms with E-state index in [1.54, 1.807) is 36.4 Å². The van der Waals surface area contributed by atoms with E-state index in [-0.39, 0.29) is 18.0 Å². The number of thioether (sulfide) groups is 1. The number of alkyl carbamates (subject to hydrolysis) is 1.